The lowest BCUT2D eigenvalue weighted by atomic mass is 10.2. The van der Waals surface area contributed by atoms with Crippen molar-refractivity contribution in [3.8, 4) is 11.5 Å². The zero-order chi connectivity index (χ0) is 26.4. The molecular weight excluding hydrogens is 557 g/mol. The lowest BCUT2D eigenvalue weighted by Gasteiger charge is -2.34. The number of aromatic nitrogens is 3. The Labute approximate surface area is 220 Å². The number of nitrogens with one attached hydrogen (secondary N) is 1. The molecule has 2 aliphatic heterocycles. The van der Waals surface area contributed by atoms with Gasteiger partial charge in [0, 0.05) is 19.3 Å². The number of carbonyl (C=O) groups is 1. The molecule has 2 aromatic heterocycles. The van der Waals surface area contributed by atoms with Crippen molar-refractivity contribution in [2.24, 2.45) is 0 Å². The van der Waals surface area contributed by atoms with Gasteiger partial charge in [0.15, 0.2) is 0 Å². The van der Waals surface area contributed by atoms with E-state index < -0.39 is 18.1 Å². The maximum Gasteiger partial charge on any atom is 0.314 e. The second kappa shape index (κ2) is 12.5. The standard InChI is InChI=1S/C17H13BrF3N5O2.C7H13NO/c1-22-13-4-11(18)12(19)5-14(13)26(8-27)7-10-3-2-9(6-23-10)16-24-25-17(28-16)15(20)21;1-2-4-8(3-1)7-5-9-6-7/h2-6,8,15,22H,7H2,1H3;7H,1-6H2. The second-order valence-corrected chi connectivity index (χ2v) is 9.34. The van der Waals surface area contributed by atoms with Crippen LogP contribution in [0.5, 0.6) is 0 Å². The maximum absolute atomic E-state index is 13.9. The molecule has 0 radical (unpaired) electrons. The summed E-state index contributed by atoms with van der Waals surface area (Å²) in [5.41, 5.74) is 1.71. The molecule has 1 amide bonds. The van der Waals surface area contributed by atoms with Crippen molar-refractivity contribution in [2.75, 3.05) is 43.6 Å². The molecule has 9 nitrogen and oxygen atoms in total. The Morgan fingerprint density at radius 2 is 2.00 bits per heavy atom. The minimum Gasteiger partial charge on any atom is -0.415 e. The molecule has 0 unspecified atom stereocenters. The van der Waals surface area contributed by atoms with Gasteiger partial charge in [0.1, 0.15) is 5.82 Å². The predicted molar refractivity (Wildman–Crippen MR) is 134 cm³/mol. The zero-order valence-electron chi connectivity index (χ0n) is 20.0. The number of nitrogens with zero attached hydrogens (tertiary/aromatic N) is 5. The number of pyridine rings is 1. The van der Waals surface area contributed by atoms with E-state index in [1.807, 2.05) is 0 Å². The molecule has 0 spiro atoms. The topological polar surface area (TPSA) is 96.6 Å². The van der Waals surface area contributed by atoms with E-state index in [9.17, 15) is 18.0 Å². The number of amides is 1. The van der Waals surface area contributed by atoms with Crippen molar-refractivity contribution in [3.63, 3.8) is 0 Å². The molecule has 0 bridgehead atoms. The highest BCUT2D eigenvalue weighted by Gasteiger charge is 2.27. The first-order valence-electron chi connectivity index (χ1n) is 11.7. The monoisotopic (exact) mass is 582 g/mol. The van der Waals surface area contributed by atoms with Crippen molar-refractivity contribution < 1.29 is 27.1 Å². The highest BCUT2D eigenvalue weighted by molar-refractivity contribution is 9.10. The van der Waals surface area contributed by atoms with E-state index in [2.05, 4.69) is 41.3 Å². The molecule has 5 rings (SSSR count). The van der Waals surface area contributed by atoms with Gasteiger partial charge in [0.25, 0.3) is 5.89 Å². The zero-order valence-corrected chi connectivity index (χ0v) is 21.6. The van der Waals surface area contributed by atoms with Crippen molar-refractivity contribution in [1.82, 2.24) is 20.1 Å². The van der Waals surface area contributed by atoms with E-state index >= 15 is 0 Å². The first-order chi connectivity index (χ1) is 17.9. The first-order valence-corrected chi connectivity index (χ1v) is 12.5. The number of hydrogen-bond acceptors (Lipinski definition) is 8. The van der Waals surface area contributed by atoms with E-state index in [1.54, 1.807) is 19.2 Å². The maximum atomic E-state index is 13.9. The first kappa shape index (κ1) is 27.0. The lowest BCUT2D eigenvalue weighted by Crippen LogP contribution is -2.47. The van der Waals surface area contributed by atoms with E-state index in [-0.39, 0.29) is 16.9 Å². The minimum absolute atomic E-state index is 0.0612. The Balaban J connectivity index is 0.000000295. The fraction of sp³-hybridized carbons (Fsp3) is 0.417. The smallest absolute Gasteiger partial charge is 0.314 e. The molecule has 13 heteroatoms. The Morgan fingerprint density at radius 3 is 2.54 bits per heavy atom. The van der Waals surface area contributed by atoms with Gasteiger partial charge in [0.2, 0.25) is 12.3 Å². The van der Waals surface area contributed by atoms with Crippen molar-refractivity contribution in [2.45, 2.75) is 31.9 Å². The normalized spacial score (nSPS) is 15.7. The van der Waals surface area contributed by atoms with Gasteiger partial charge in [-0.25, -0.2) is 4.39 Å². The lowest BCUT2D eigenvalue weighted by molar-refractivity contribution is -0.107. The van der Waals surface area contributed by atoms with Gasteiger partial charge in [-0.15, -0.1) is 10.2 Å². The van der Waals surface area contributed by atoms with Gasteiger partial charge in [0.05, 0.1) is 52.9 Å². The molecule has 2 saturated heterocycles. The van der Waals surface area contributed by atoms with Crippen LogP contribution in [0.3, 0.4) is 0 Å². The Bertz CT molecular complexity index is 1190. The molecule has 1 aromatic carbocycles. The Hall–Kier alpha value is -3.03. The van der Waals surface area contributed by atoms with Gasteiger partial charge in [-0.2, -0.15) is 8.78 Å². The largest absolute Gasteiger partial charge is 0.415 e. The van der Waals surface area contributed by atoms with E-state index in [4.69, 9.17) is 9.15 Å². The molecule has 1 N–H and O–H groups in total. The van der Waals surface area contributed by atoms with Crippen LogP contribution in [0.1, 0.15) is 30.9 Å². The third-order valence-electron chi connectivity index (χ3n) is 6.05. The molecule has 198 valence electrons. The third-order valence-corrected chi connectivity index (χ3v) is 6.66. The van der Waals surface area contributed by atoms with Crippen LogP contribution in [0.4, 0.5) is 24.5 Å². The number of halogens is 4. The highest BCUT2D eigenvalue weighted by atomic mass is 79.9. The van der Waals surface area contributed by atoms with E-state index in [0.29, 0.717) is 29.0 Å². The van der Waals surface area contributed by atoms with Crippen LogP contribution in [-0.2, 0) is 16.1 Å². The summed E-state index contributed by atoms with van der Waals surface area (Å²) in [5.74, 6) is -1.38. The summed E-state index contributed by atoms with van der Waals surface area (Å²) in [4.78, 5) is 19.6. The minimum atomic E-state index is -2.86. The van der Waals surface area contributed by atoms with Crippen LogP contribution in [0, 0.1) is 5.82 Å². The van der Waals surface area contributed by atoms with Gasteiger partial charge >= 0.3 is 6.43 Å². The van der Waals surface area contributed by atoms with Gasteiger partial charge < -0.3 is 19.4 Å². The van der Waals surface area contributed by atoms with E-state index in [1.165, 1.54) is 49.2 Å². The van der Waals surface area contributed by atoms with Crippen LogP contribution < -0.4 is 10.2 Å². The quantitative estimate of drug-likeness (QED) is 0.383. The third kappa shape index (κ3) is 6.65. The van der Waals surface area contributed by atoms with Crippen molar-refractivity contribution in [3.05, 3.63) is 52.3 Å². The molecule has 2 fully saturated rings. The molecule has 0 aliphatic carbocycles. The second-order valence-electron chi connectivity index (χ2n) is 8.49. The summed E-state index contributed by atoms with van der Waals surface area (Å²) in [6.07, 6.45) is 1.86. The number of hydrogen-bond donors (Lipinski definition) is 1. The van der Waals surface area contributed by atoms with Crippen LogP contribution in [0.15, 0.2) is 39.4 Å². The molecular formula is C24H26BrF3N6O3. The number of benzene rings is 1. The van der Waals surface area contributed by atoms with Gasteiger partial charge in [-0.3, -0.25) is 14.7 Å². The molecule has 4 heterocycles. The van der Waals surface area contributed by atoms with E-state index in [0.717, 1.165) is 19.3 Å². The number of ether oxygens (including phenoxy) is 1. The predicted octanol–water partition coefficient (Wildman–Crippen LogP) is 4.66. The fourth-order valence-electron chi connectivity index (χ4n) is 3.95. The average molecular weight is 583 g/mol. The summed E-state index contributed by atoms with van der Waals surface area (Å²) in [6, 6.07) is 6.66. The molecule has 2 aliphatic rings. The van der Waals surface area contributed by atoms with Crippen LogP contribution >= 0.6 is 15.9 Å². The SMILES string of the molecule is C1CCN(C2COC2)C1.CNc1cc(Br)c(F)cc1N(C=O)Cc1ccc(-c2nnc(C(F)F)o2)cn1. The average Bonchev–Trinajstić information content (AvgIpc) is 3.57. The summed E-state index contributed by atoms with van der Waals surface area (Å²) in [7, 11) is 1.65. The van der Waals surface area contributed by atoms with Crippen LogP contribution in [0.25, 0.3) is 11.5 Å². The van der Waals surface area contributed by atoms with Gasteiger partial charge in [-0.05, 0) is 60.1 Å². The van der Waals surface area contributed by atoms with Crippen molar-refractivity contribution >= 4 is 33.7 Å². The number of carbonyl (C=O) groups excluding carboxylic acids is 1. The highest BCUT2D eigenvalue weighted by Crippen LogP contribution is 2.32. The number of rotatable bonds is 8. The van der Waals surface area contributed by atoms with Crippen LogP contribution in [-0.4, -0.2) is 65.9 Å². The number of anilines is 2. The molecule has 3 aromatic rings. The molecule has 0 saturated carbocycles. The summed E-state index contributed by atoms with van der Waals surface area (Å²) < 4.78 is 49.2. The fourth-order valence-corrected chi connectivity index (χ4v) is 4.30. The molecule has 37 heavy (non-hydrogen) atoms. The van der Waals surface area contributed by atoms with Crippen molar-refractivity contribution in [1.29, 1.82) is 0 Å². The Morgan fingerprint density at radius 1 is 1.24 bits per heavy atom. The van der Waals surface area contributed by atoms with Gasteiger partial charge in [-0.1, -0.05) is 0 Å². The summed E-state index contributed by atoms with van der Waals surface area (Å²) in [5, 5.41) is 9.70. The summed E-state index contributed by atoms with van der Waals surface area (Å²) in [6.45, 7) is 4.66. The van der Waals surface area contributed by atoms with Crippen LogP contribution in [0.2, 0.25) is 0 Å². The number of alkyl halides is 2. The number of likely N-dealkylation sites (tertiary alicyclic amines) is 1. The Kier molecular flexibility index (Phi) is 9.11. The molecule has 0 atom stereocenters. The summed E-state index contributed by atoms with van der Waals surface area (Å²) >= 11 is 3.10.